The van der Waals surface area contributed by atoms with Gasteiger partial charge in [-0.1, -0.05) is 6.07 Å². The molecule has 3 heteroatoms. The van der Waals surface area contributed by atoms with Crippen LogP contribution in [0.5, 0.6) is 0 Å². The zero-order valence-electron chi connectivity index (χ0n) is 8.16. The van der Waals surface area contributed by atoms with Gasteiger partial charge in [0.2, 0.25) is 0 Å². The number of Topliss-reactive ketones (excluding diaryl/α,β-unsaturated/α-hetero) is 1. The smallest absolute Gasteiger partial charge is 0.173 e. The first-order valence-corrected chi connectivity index (χ1v) is 6.01. The van der Waals surface area contributed by atoms with E-state index in [-0.39, 0.29) is 0 Å². The fourth-order valence-corrected chi connectivity index (χ4v) is 2.57. The number of hydrogen-bond donors (Lipinski definition) is 1. The first kappa shape index (κ1) is 9.87. The molecule has 0 aliphatic carbocycles. The minimum absolute atomic E-state index is 0.314. The third kappa shape index (κ3) is 2.42. The van der Waals surface area contributed by atoms with E-state index in [2.05, 4.69) is 5.32 Å². The van der Waals surface area contributed by atoms with Crippen molar-refractivity contribution in [2.75, 3.05) is 13.1 Å². The van der Waals surface area contributed by atoms with Crippen LogP contribution < -0.4 is 5.32 Å². The molecule has 14 heavy (non-hydrogen) atoms. The zero-order valence-corrected chi connectivity index (χ0v) is 8.98. The minimum Gasteiger partial charge on any atom is -0.316 e. The Kier molecular flexibility index (Phi) is 3.32. The van der Waals surface area contributed by atoms with E-state index in [0.29, 0.717) is 18.1 Å². The molecule has 2 nitrogen and oxygen atoms in total. The van der Waals surface area contributed by atoms with Crippen LogP contribution in [0.4, 0.5) is 0 Å². The van der Waals surface area contributed by atoms with E-state index in [0.717, 1.165) is 18.0 Å². The van der Waals surface area contributed by atoms with Gasteiger partial charge in [0, 0.05) is 6.42 Å². The molecular weight excluding hydrogens is 194 g/mol. The summed E-state index contributed by atoms with van der Waals surface area (Å²) in [6.07, 6.45) is 3.13. The van der Waals surface area contributed by atoms with Crippen molar-refractivity contribution in [1.82, 2.24) is 5.32 Å². The fourth-order valence-electron chi connectivity index (χ4n) is 1.90. The molecular formula is C11H15NOS. The van der Waals surface area contributed by atoms with Gasteiger partial charge in [0.1, 0.15) is 0 Å². The van der Waals surface area contributed by atoms with Gasteiger partial charge < -0.3 is 5.32 Å². The first-order valence-electron chi connectivity index (χ1n) is 5.13. The Labute approximate surface area is 88.3 Å². The van der Waals surface area contributed by atoms with Gasteiger partial charge in [-0.05, 0) is 43.3 Å². The molecule has 0 aromatic carbocycles. The molecule has 1 atom stereocenters. The lowest BCUT2D eigenvalue weighted by Gasteiger charge is -2.21. The zero-order chi connectivity index (χ0) is 9.80. The van der Waals surface area contributed by atoms with Crippen LogP contribution in [0.3, 0.4) is 0 Å². The van der Waals surface area contributed by atoms with E-state index in [9.17, 15) is 4.79 Å². The quantitative estimate of drug-likeness (QED) is 0.774. The van der Waals surface area contributed by atoms with Crippen LogP contribution in [0.2, 0.25) is 0 Å². The van der Waals surface area contributed by atoms with Crippen molar-refractivity contribution < 1.29 is 4.79 Å². The number of ketones is 1. The second kappa shape index (κ2) is 4.71. The van der Waals surface area contributed by atoms with Crippen LogP contribution in [-0.2, 0) is 0 Å². The SMILES string of the molecule is O=C(CC1CCCNC1)c1cccs1. The monoisotopic (exact) mass is 209 g/mol. The van der Waals surface area contributed by atoms with E-state index in [1.54, 1.807) is 11.3 Å². The highest BCUT2D eigenvalue weighted by Crippen LogP contribution is 2.19. The second-order valence-corrected chi connectivity index (χ2v) is 4.76. The third-order valence-corrected chi connectivity index (χ3v) is 3.58. The molecule has 1 aliphatic heterocycles. The van der Waals surface area contributed by atoms with Gasteiger partial charge in [0.15, 0.2) is 5.78 Å². The van der Waals surface area contributed by atoms with Crippen LogP contribution in [0.1, 0.15) is 28.9 Å². The van der Waals surface area contributed by atoms with E-state index >= 15 is 0 Å². The highest BCUT2D eigenvalue weighted by atomic mass is 32.1. The van der Waals surface area contributed by atoms with Gasteiger partial charge in [0.25, 0.3) is 0 Å². The Bertz CT molecular complexity index is 288. The maximum atomic E-state index is 11.8. The lowest BCUT2D eigenvalue weighted by atomic mass is 9.94. The summed E-state index contributed by atoms with van der Waals surface area (Å²) in [5.74, 6) is 0.868. The van der Waals surface area contributed by atoms with Gasteiger partial charge in [-0.2, -0.15) is 0 Å². The maximum absolute atomic E-state index is 11.8. The molecule has 1 unspecified atom stereocenters. The Balaban J connectivity index is 1.87. The van der Waals surface area contributed by atoms with Gasteiger partial charge in [-0.25, -0.2) is 0 Å². The van der Waals surface area contributed by atoms with Crippen LogP contribution in [0.15, 0.2) is 17.5 Å². The number of carbonyl (C=O) groups is 1. The number of hydrogen-bond acceptors (Lipinski definition) is 3. The molecule has 0 radical (unpaired) electrons. The van der Waals surface area contributed by atoms with E-state index < -0.39 is 0 Å². The molecule has 1 aromatic heterocycles. The maximum Gasteiger partial charge on any atom is 0.173 e. The molecule has 0 bridgehead atoms. The molecule has 0 saturated carbocycles. The van der Waals surface area contributed by atoms with Gasteiger partial charge in [-0.3, -0.25) is 4.79 Å². The summed E-state index contributed by atoms with van der Waals surface area (Å²) in [7, 11) is 0. The van der Waals surface area contributed by atoms with E-state index in [1.807, 2.05) is 17.5 Å². The number of piperidine rings is 1. The van der Waals surface area contributed by atoms with Gasteiger partial charge in [-0.15, -0.1) is 11.3 Å². The van der Waals surface area contributed by atoms with Gasteiger partial charge in [0.05, 0.1) is 4.88 Å². The Morgan fingerprint density at radius 1 is 1.64 bits per heavy atom. The molecule has 2 heterocycles. The fraction of sp³-hybridized carbons (Fsp3) is 0.545. The predicted molar refractivity (Wildman–Crippen MR) is 58.9 cm³/mol. The van der Waals surface area contributed by atoms with Crippen molar-refractivity contribution in [1.29, 1.82) is 0 Å². The van der Waals surface area contributed by atoms with Crippen LogP contribution in [0.25, 0.3) is 0 Å². The second-order valence-electron chi connectivity index (χ2n) is 3.82. The number of thiophene rings is 1. The lowest BCUT2D eigenvalue weighted by Crippen LogP contribution is -2.30. The molecule has 0 amide bonds. The molecule has 1 fully saturated rings. The summed E-state index contributed by atoms with van der Waals surface area (Å²) >= 11 is 1.55. The minimum atomic E-state index is 0.314. The molecule has 2 rings (SSSR count). The van der Waals surface area contributed by atoms with Crippen LogP contribution in [0, 0.1) is 5.92 Å². The first-order chi connectivity index (χ1) is 6.86. The molecule has 1 saturated heterocycles. The topological polar surface area (TPSA) is 29.1 Å². The van der Waals surface area contributed by atoms with Crippen molar-refractivity contribution in [3.05, 3.63) is 22.4 Å². The van der Waals surface area contributed by atoms with Crippen molar-refractivity contribution in [3.63, 3.8) is 0 Å². The standard InChI is InChI=1S/C11H15NOS/c13-10(11-4-2-6-14-11)7-9-3-1-5-12-8-9/h2,4,6,9,12H,1,3,5,7-8H2. The Hall–Kier alpha value is -0.670. The van der Waals surface area contributed by atoms with Crippen LogP contribution >= 0.6 is 11.3 Å². The third-order valence-electron chi connectivity index (χ3n) is 2.67. The molecule has 1 aliphatic rings. The summed E-state index contributed by atoms with van der Waals surface area (Å²) < 4.78 is 0. The Morgan fingerprint density at radius 2 is 2.57 bits per heavy atom. The molecule has 76 valence electrons. The summed E-state index contributed by atoms with van der Waals surface area (Å²) in [6.45, 7) is 2.13. The number of nitrogens with one attached hydrogen (secondary N) is 1. The van der Waals surface area contributed by atoms with Crippen molar-refractivity contribution >= 4 is 17.1 Å². The summed E-state index contributed by atoms with van der Waals surface area (Å²) in [6, 6.07) is 3.86. The lowest BCUT2D eigenvalue weighted by molar-refractivity contribution is 0.0958. The van der Waals surface area contributed by atoms with Gasteiger partial charge >= 0.3 is 0 Å². The van der Waals surface area contributed by atoms with E-state index in [1.165, 1.54) is 12.8 Å². The van der Waals surface area contributed by atoms with Crippen LogP contribution in [-0.4, -0.2) is 18.9 Å². The molecule has 1 aromatic rings. The van der Waals surface area contributed by atoms with Crippen molar-refractivity contribution in [3.8, 4) is 0 Å². The largest absolute Gasteiger partial charge is 0.316 e. The van der Waals surface area contributed by atoms with Crippen molar-refractivity contribution in [2.24, 2.45) is 5.92 Å². The normalized spacial score (nSPS) is 22.1. The summed E-state index contributed by atoms with van der Waals surface area (Å²) in [5.41, 5.74) is 0. The average molecular weight is 209 g/mol. The summed E-state index contributed by atoms with van der Waals surface area (Å²) in [5, 5.41) is 5.30. The Morgan fingerprint density at radius 3 is 3.21 bits per heavy atom. The van der Waals surface area contributed by atoms with E-state index in [4.69, 9.17) is 0 Å². The number of carbonyl (C=O) groups excluding carboxylic acids is 1. The highest BCUT2D eigenvalue weighted by molar-refractivity contribution is 7.12. The van der Waals surface area contributed by atoms with Crippen molar-refractivity contribution in [2.45, 2.75) is 19.3 Å². The highest BCUT2D eigenvalue weighted by Gasteiger charge is 2.17. The number of rotatable bonds is 3. The summed E-state index contributed by atoms with van der Waals surface area (Å²) in [4.78, 5) is 12.7. The molecule has 0 spiro atoms. The predicted octanol–water partition coefficient (Wildman–Crippen LogP) is 2.32. The molecule has 1 N–H and O–H groups in total. The average Bonchev–Trinajstić information content (AvgIpc) is 2.72.